The standard InChI is InChI=1S/C12H18N4O/c1-15-8-13-5-11(15)12(17)16-6-9-3-2-4-14-10(9)7-16/h5,8-10,14H,2-4,6-7H2,1H3/t9-,10+/m0/s1. The van der Waals surface area contributed by atoms with Gasteiger partial charge in [-0.3, -0.25) is 4.79 Å². The minimum atomic E-state index is 0.112. The molecule has 1 N–H and O–H groups in total. The van der Waals surface area contributed by atoms with Crippen LogP contribution in [0.25, 0.3) is 0 Å². The molecule has 3 heterocycles. The minimum absolute atomic E-state index is 0.112. The summed E-state index contributed by atoms with van der Waals surface area (Å²) in [7, 11) is 1.86. The third-order valence-corrected chi connectivity index (χ3v) is 3.92. The van der Waals surface area contributed by atoms with Crippen LogP contribution >= 0.6 is 0 Å². The predicted octanol–water partition coefficient (Wildman–Crippen LogP) is 0.244. The molecule has 92 valence electrons. The van der Waals surface area contributed by atoms with Crippen LogP contribution in [0.15, 0.2) is 12.5 Å². The van der Waals surface area contributed by atoms with Crippen LogP contribution < -0.4 is 5.32 Å². The Kier molecular flexibility index (Phi) is 2.63. The summed E-state index contributed by atoms with van der Waals surface area (Å²) in [5, 5.41) is 3.51. The van der Waals surface area contributed by atoms with Gasteiger partial charge in [-0.2, -0.15) is 0 Å². The number of imidazole rings is 1. The summed E-state index contributed by atoms with van der Waals surface area (Å²) in [6.45, 7) is 2.82. The highest BCUT2D eigenvalue weighted by atomic mass is 16.2. The van der Waals surface area contributed by atoms with Crippen molar-refractivity contribution in [3.63, 3.8) is 0 Å². The van der Waals surface area contributed by atoms with E-state index < -0.39 is 0 Å². The number of fused-ring (bicyclic) bond motifs is 1. The monoisotopic (exact) mass is 234 g/mol. The Morgan fingerprint density at radius 2 is 2.41 bits per heavy atom. The summed E-state index contributed by atoms with van der Waals surface area (Å²) in [6, 6.07) is 0.501. The normalized spacial score (nSPS) is 28.2. The van der Waals surface area contributed by atoms with Crippen LogP contribution in [-0.2, 0) is 7.05 Å². The zero-order chi connectivity index (χ0) is 11.8. The number of rotatable bonds is 1. The molecule has 0 saturated carbocycles. The van der Waals surface area contributed by atoms with Crippen molar-refractivity contribution in [2.45, 2.75) is 18.9 Å². The van der Waals surface area contributed by atoms with Crippen LogP contribution in [0.4, 0.5) is 0 Å². The van der Waals surface area contributed by atoms with Crippen molar-refractivity contribution in [1.29, 1.82) is 0 Å². The first-order valence-corrected chi connectivity index (χ1v) is 6.24. The molecule has 1 aromatic heterocycles. The fourth-order valence-corrected chi connectivity index (χ4v) is 2.94. The molecule has 0 unspecified atom stereocenters. The van der Waals surface area contributed by atoms with Crippen molar-refractivity contribution in [1.82, 2.24) is 19.8 Å². The van der Waals surface area contributed by atoms with Crippen LogP contribution in [0.1, 0.15) is 23.3 Å². The molecule has 0 radical (unpaired) electrons. The maximum absolute atomic E-state index is 12.3. The number of hydrogen-bond acceptors (Lipinski definition) is 3. The molecule has 0 spiro atoms. The van der Waals surface area contributed by atoms with Crippen LogP contribution in [0.5, 0.6) is 0 Å². The number of carbonyl (C=O) groups excluding carboxylic acids is 1. The number of nitrogens with zero attached hydrogens (tertiary/aromatic N) is 3. The van der Waals surface area contributed by atoms with E-state index >= 15 is 0 Å². The maximum Gasteiger partial charge on any atom is 0.272 e. The molecule has 5 nitrogen and oxygen atoms in total. The summed E-state index contributed by atoms with van der Waals surface area (Å²) >= 11 is 0. The highest BCUT2D eigenvalue weighted by Gasteiger charge is 2.37. The lowest BCUT2D eigenvalue weighted by molar-refractivity contribution is 0.0776. The van der Waals surface area contributed by atoms with Gasteiger partial charge in [-0.05, 0) is 25.3 Å². The Morgan fingerprint density at radius 1 is 1.53 bits per heavy atom. The Hall–Kier alpha value is -1.36. The van der Waals surface area contributed by atoms with E-state index in [9.17, 15) is 4.79 Å². The minimum Gasteiger partial charge on any atom is -0.335 e. The van der Waals surface area contributed by atoms with E-state index in [2.05, 4.69) is 10.3 Å². The molecule has 1 aromatic rings. The van der Waals surface area contributed by atoms with Gasteiger partial charge in [-0.15, -0.1) is 0 Å². The fraction of sp³-hybridized carbons (Fsp3) is 0.667. The van der Waals surface area contributed by atoms with Crippen molar-refractivity contribution in [3.05, 3.63) is 18.2 Å². The molecule has 2 saturated heterocycles. The van der Waals surface area contributed by atoms with Gasteiger partial charge < -0.3 is 14.8 Å². The second-order valence-electron chi connectivity index (χ2n) is 5.06. The Bertz CT molecular complexity index is 414. The first-order chi connectivity index (χ1) is 8.25. The zero-order valence-corrected chi connectivity index (χ0v) is 10.1. The Morgan fingerprint density at radius 3 is 3.12 bits per heavy atom. The van der Waals surface area contributed by atoms with Crippen LogP contribution in [0.3, 0.4) is 0 Å². The summed E-state index contributed by atoms with van der Waals surface area (Å²) in [5.41, 5.74) is 0.684. The van der Waals surface area contributed by atoms with Gasteiger partial charge in [0.1, 0.15) is 5.69 Å². The van der Waals surface area contributed by atoms with E-state index in [4.69, 9.17) is 0 Å². The number of aromatic nitrogens is 2. The predicted molar refractivity (Wildman–Crippen MR) is 63.6 cm³/mol. The van der Waals surface area contributed by atoms with Crippen molar-refractivity contribution in [2.24, 2.45) is 13.0 Å². The summed E-state index contributed by atoms with van der Waals surface area (Å²) in [4.78, 5) is 18.3. The average molecular weight is 234 g/mol. The highest BCUT2D eigenvalue weighted by Crippen LogP contribution is 2.25. The molecule has 3 rings (SSSR count). The molecule has 0 aliphatic carbocycles. The SMILES string of the molecule is Cn1cncc1C(=O)N1C[C@@H]2CCCN[C@@H]2C1. The molecular formula is C12H18N4O. The summed E-state index contributed by atoms with van der Waals surface area (Å²) in [5.74, 6) is 0.752. The topological polar surface area (TPSA) is 50.2 Å². The van der Waals surface area contributed by atoms with E-state index in [1.807, 2.05) is 11.9 Å². The van der Waals surface area contributed by atoms with Crippen molar-refractivity contribution >= 4 is 5.91 Å². The van der Waals surface area contributed by atoms with E-state index in [0.717, 1.165) is 19.6 Å². The number of carbonyl (C=O) groups is 1. The van der Waals surface area contributed by atoms with Gasteiger partial charge in [0, 0.05) is 26.2 Å². The number of hydrogen-bond donors (Lipinski definition) is 1. The van der Waals surface area contributed by atoms with Crippen molar-refractivity contribution in [3.8, 4) is 0 Å². The summed E-state index contributed by atoms with van der Waals surface area (Å²) < 4.78 is 1.79. The van der Waals surface area contributed by atoms with Crippen LogP contribution in [0, 0.1) is 5.92 Å². The van der Waals surface area contributed by atoms with Gasteiger partial charge in [-0.1, -0.05) is 0 Å². The van der Waals surface area contributed by atoms with Crippen LogP contribution in [-0.4, -0.2) is 46.0 Å². The maximum atomic E-state index is 12.3. The van der Waals surface area contributed by atoms with E-state index in [1.165, 1.54) is 12.8 Å². The second kappa shape index (κ2) is 4.14. The molecule has 1 amide bonds. The van der Waals surface area contributed by atoms with E-state index in [-0.39, 0.29) is 5.91 Å². The average Bonchev–Trinajstić information content (AvgIpc) is 2.93. The van der Waals surface area contributed by atoms with Gasteiger partial charge >= 0.3 is 0 Å². The van der Waals surface area contributed by atoms with E-state index in [0.29, 0.717) is 17.7 Å². The molecule has 2 aliphatic heterocycles. The largest absolute Gasteiger partial charge is 0.335 e. The number of aryl methyl sites for hydroxylation is 1. The molecule has 5 heteroatoms. The smallest absolute Gasteiger partial charge is 0.272 e. The Labute approximate surface area is 101 Å². The molecule has 0 aromatic carbocycles. The van der Waals surface area contributed by atoms with Crippen molar-refractivity contribution < 1.29 is 4.79 Å². The van der Waals surface area contributed by atoms with Crippen LogP contribution in [0.2, 0.25) is 0 Å². The van der Waals surface area contributed by atoms with Gasteiger partial charge in [0.2, 0.25) is 0 Å². The third-order valence-electron chi connectivity index (χ3n) is 3.92. The zero-order valence-electron chi connectivity index (χ0n) is 10.1. The molecule has 0 bridgehead atoms. The highest BCUT2D eigenvalue weighted by molar-refractivity contribution is 5.92. The molecule has 17 heavy (non-hydrogen) atoms. The quantitative estimate of drug-likeness (QED) is 0.757. The lowest BCUT2D eigenvalue weighted by Gasteiger charge is -2.24. The van der Waals surface area contributed by atoms with Gasteiger partial charge in [0.05, 0.1) is 12.5 Å². The molecule has 2 atom stereocenters. The van der Waals surface area contributed by atoms with Gasteiger partial charge in [0.15, 0.2) is 0 Å². The second-order valence-corrected chi connectivity index (χ2v) is 5.06. The Balaban J connectivity index is 1.74. The number of amides is 1. The summed E-state index contributed by atoms with van der Waals surface area (Å²) in [6.07, 6.45) is 5.80. The van der Waals surface area contributed by atoms with Gasteiger partial charge in [-0.25, -0.2) is 4.98 Å². The number of likely N-dealkylation sites (tertiary alicyclic amines) is 1. The number of piperidine rings is 1. The van der Waals surface area contributed by atoms with Crippen molar-refractivity contribution in [2.75, 3.05) is 19.6 Å². The van der Waals surface area contributed by atoms with Gasteiger partial charge in [0.25, 0.3) is 5.91 Å². The lowest BCUT2D eigenvalue weighted by atomic mass is 9.94. The molecule has 2 fully saturated rings. The van der Waals surface area contributed by atoms with E-state index in [1.54, 1.807) is 17.1 Å². The fourth-order valence-electron chi connectivity index (χ4n) is 2.94. The third kappa shape index (κ3) is 1.84. The number of nitrogens with one attached hydrogen (secondary N) is 1. The molecular weight excluding hydrogens is 216 g/mol. The first kappa shape index (κ1) is 10.8. The first-order valence-electron chi connectivity index (χ1n) is 6.24. The lowest BCUT2D eigenvalue weighted by Crippen LogP contribution is -2.41. The molecule has 2 aliphatic rings.